The molecular weight excluding hydrogens is 514 g/mol. The van der Waals surface area contributed by atoms with E-state index in [4.69, 9.17) is 4.18 Å². The molecule has 0 atom stereocenters. The Balaban J connectivity index is 1.68. The second-order valence-corrected chi connectivity index (χ2v) is 10.3. The van der Waals surface area contributed by atoms with Crippen LogP contribution in [0.2, 0.25) is 0 Å². The first-order chi connectivity index (χ1) is 18.8. The topological polar surface area (TPSA) is 116 Å². The van der Waals surface area contributed by atoms with Gasteiger partial charge in [0.25, 0.3) is 10.1 Å². The molecule has 0 bridgehead atoms. The summed E-state index contributed by atoms with van der Waals surface area (Å²) >= 11 is 0. The van der Waals surface area contributed by atoms with Crippen molar-refractivity contribution in [1.29, 1.82) is 0 Å². The number of anilines is 1. The summed E-state index contributed by atoms with van der Waals surface area (Å²) < 4.78 is 30.2. The molecule has 0 spiro atoms. The number of benzene rings is 4. The molecule has 0 aliphatic carbocycles. The number of nitrogens with zero attached hydrogens (tertiary/aromatic N) is 5. The third-order valence-electron chi connectivity index (χ3n) is 6.17. The van der Waals surface area contributed by atoms with Crippen LogP contribution in [0.15, 0.2) is 98.1 Å². The average Bonchev–Trinajstić information content (AvgIpc) is 2.96. The molecule has 0 aromatic heterocycles. The normalized spacial score (nSPS) is 12.3. The summed E-state index contributed by atoms with van der Waals surface area (Å²) in [5.74, 6) is -0.284. The molecule has 39 heavy (non-hydrogen) atoms. The van der Waals surface area contributed by atoms with E-state index in [1.807, 2.05) is 73.5 Å². The molecule has 10 heteroatoms. The van der Waals surface area contributed by atoms with E-state index in [0.29, 0.717) is 23.0 Å². The molecule has 0 aliphatic rings. The Bertz CT molecular complexity index is 1660. The van der Waals surface area contributed by atoms with Crippen molar-refractivity contribution >= 4 is 55.8 Å². The Morgan fingerprint density at radius 3 is 2.03 bits per heavy atom. The van der Waals surface area contributed by atoms with Crippen LogP contribution in [0.4, 0.5) is 22.7 Å². The molecule has 0 saturated heterocycles. The lowest BCUT2D eigenvalue weighted by Gasteiger charge is -2.20. The molecule has 0 amide bonds. The second kappa shape index (κ2) is 12.0. The number of fused-ring (bicyclic) bond motifs is 1. The monoisotopic (exact) mass is 543 g/mol. The van der Waals surface area contributed by atoms with Gasteiger partial charge in [0.05, 0.1) is 18.5 Å². The van der Waals surface area contributed by atoms with Gasteiger partial charge in [0.15, 0.2) is 5.75 Å². The Morgan fingerprint density at radius 1 is 0.897 bits per heavy atom. The fourth-order valence-electron chi connectivity index (χ4n) is 3.97. The lowest BCUT2D eigenvalue weighted by molar-refractivity contribution is 0.397. The molecule has 1 N–H and O–H groups in total. The Labute approximate surface area is 227 Å². The number of azo groups is 2. The summed E-state index contributed by atoms with van der Waals surface area (Å²) in [7, 11) is 0.402. The lowest BCUT2D eigenvalue weighted by atomic mass is 10.1. The maximum atomic E-state index is 12.7. The summed E-state index contributed by atoms with van der Waals surface area (Å²) in [4.78, 5) is 1.69. The SMILES string of the molecule is CCN(C)c1cccc2cc(S(=O)(=O)OC)c(N=Nc3ccc(C=Cc4ccc(N=NC)cc4)cc3)c(O)c12. The number of phenols is 1. The molecule has 0 heterocycles. The van der Waals surface area contributed by atoms with Gasteiger partial charge in [-0.25, -0.2) is 0 Å². The maximum Gasteiger partial charge on any atom is 0.299 e. The predicted octanol–water partition coefficient (Wildman–Crippen LogP) is 7.64. The van der Waals surface area contributed by atoms with E-state index in [1.54, 1.807) is 31.3 Å². The summed E-state index contributed by atoms with van der Waals surface area (Å²) in [5, 5.41) is 28.4. The molecule has 0 saturated carbocycles. The van der Waals surface area contributed by atoms with Crippen LogP contribution >= 0.6 is 0 Å². The van der Waals surface area contributed by atoms with Crippen molar-refractivity contribution in [2.45, 2.75) is 11.8 Å². The van der Waals surface area contributed by atoms with Crippen LogP contribution < -0.4 is 4.90 Å². The van der Waals surface area contributed by atoms with Crippen molar-refractivity contribution in [2.75, 3.05) is 32.6 Å². The third kappa shape index (κ3) is 6.19. The molecular formula is C29H29N5O4S. The zero-order chi connectivity index (χ0) is 28.0. The van der Waals surface area contributed by atoms with Crippen molar-refractivity contribution in [3.63, 3.8) is 0 Å². The molecule has 0 radical (unpaired) electrons. The first-order valence-electron chi connectivity index (χ1n) is 12.2. The molecule has 0 unspecified atom stereocenters. The quantitative estimate of drug-likeness (QED) is 0.132. The lowest BCUT2D eigenvalue weighted by Crippen LogP contribution is -2.16. The Hall–Kier alpha value is -4.41. The molecule has 4 aromatic carbocycles. The van der Waals surface area contributed by atoms with Crippen LogP contribution in [0, 0.1) is 0 Å². The largest absolute Gasteiger partial charge is 0.505 e. The van der Waals surface area contributed by atoms with Gasteiger partial charge < -0.3 is 10.0 Å². The molecule has 9 nitrogen and oxygen atoms in total. The van der Waals surface area contributed by atoms with Gasteiger partial charge in [-0.2, -0.15) is 23.8 Å². The summed E-state index contributed by atoms with van der Waals surface area (Å²) in [6, 6.07) is 21.8. The summed E-state index contributed by atoms with van der Waals surface area (Å²) in [5.41, 5.74) is 3.79. The van der Waals surface area contributed by atoms with Crippen LogP contribution in [0.3, 0.4) is 0 Å². The van der Waals surface area contributed by atoms with Gasteiger partial charge in [-0.15, -0.1) is 5.11 Å². The number of phenolic OH excluding ortho intramolecular Hbond substituents is 1. The molecule has 0 aliphatic heterocycles. The van der Waals surface area contributed by atoms with Crippen LogP contribution in [0.1, 0.15) is 18.1 Å². The van der Waals surface area contributed by atoms with E-state index < -0.39 is 10.1 Å². The standard InChI is InChI=1S/C29H29N5O4S/c1-5-34(3)25-8-6-7-22-19-26(39(36,37)38-4)28(29(35)27(22)25)33-32-24-17-13-21(14-18-24)10-9-20-11-15-23(16-12-20)31-30-2/h6-19,35H,5H2,1-4H3. The van der Waals surface area contributed by atoms with E-state index in [2.05, 4.69) is 20.5 Å². The molecule has 4 rings (SSSR count). The fourth-order valence-corrected chi connectivity index (χ4v) is 4.79. The van der Waals surface area contributed by atoms with Crippen molar-refractivity contribution in [2.24, 2.45) is 20.5 Å². The average molecular weight is 544 g/mol. The highest BCUT2D eigenvalue weighted by molar-refractivity contribution is 7.87. The van der Waals surface area contributed by atoms with Gasteiger partial charge in [0.2, 0.25) is 0 Å². The summed E-state index contributed by atoms with van der Waals surface area (Å²) in [6.07, 6.45) is 3.94. The first kappa shape index (κ1) is 27.6. The minimum atomic E-state index is -4.18. The van der Waals surface area contributed by atoms with Crippen LogP contribution in [0.5, 0.6) is 5.75 Å². The smallest absolute Gasteiger partial charge is 0.299 e. The number of hydrogen-bond acceptors (Lipinski definition) is 9. The van der Waals surface area contributed by atoms with E-state index in [1.165, 1.54) is 6.07 Å². The third-order valence-corrected chi connectivity index (χ3v) is 7.45. The van der Waals surface area contributed by atoms with Gasteiger partial charge in [0, 0.05) is 31.7 Å². The zero-order valence-electron chi connectivity index (χ0n) is 22.1. The van der Waals surface area contributed by atoms with Crippen LogP contribution in [-0.2, 0) is 14.3 Å². The molecule has 200 valence electrons. The van der Waals surface area contributed by atoms with Crippen molar-refractivity contribution in [3.05, 3.63) is 83.9 Å². The molecule has 4 aromatic rings. The Morgan fingerprint density at radius 2 is 1.49 bits per heavy atom. The number of aromatic hydroxyl groups is 1. The minimum Gasteiger partial charge on any atom is -0.505 e. The number of hydrogen-bond donors (Lipinski definition) is 1. The van der Waals surface area contributed by atoms with E-state index in [9.17, 15) is 13.5 Å². The summed E-state index contributed by atoms with van der Waals surface area (Å²) in [6.45, 7) is 2.67. The predicted molar refractivity (Wildman–Crippen MR) is 155 cm³/mol. The van der Waals surface area contributed by atoms with Gasteiger partial charge in [0.1, 0.15) is 10.6 Å². The fraction of sp³-hybridized carbons (Fsp3) is 0.172. The first-order valence-corrected chi connectivity index (χ1v) is 13.6. The highest BCUT2D eigenvalue weighted by atomic mass is 32.2. The van der Waals surface area contributed by atoms with Gasteiger partial charge in [-0.05, 0) is 59.8 Å². The highest BCUT2D eigenvalue weighted by Gasteiger charge is 2.25. The van der Waals surface area contributed by atoms with Crippen molar-refractivity contribution in [3.8, 4) is 5.75 Å². The van der Waals surface area contributed by atoms with Gasteiger partial charge in [-0.1, -0.05) is 48.6 Å². The van der Waals surface area contributed by atoms with Crippen LogP contribution in [0.25, 0.3) is 22.9 Å². The van der Waals surface area contributed by atoms with E-state index in [0.717, 1.165) is 29.6 Å². The van der Waals surface area contributed by atoms with E-state index >= 15 is 0 Å². The van der Waals surface area contributed by atoms with Crippen molar-refractivity contribution < 1.29 is 17.7 Å². The Kier molecular flexibility index (Phi) is 8.48. The second-order valence-electron chi connectivity index (χ2n) is 8.60. The zero-order valence-corrected chi connectivity index (χ0v) is 22.9. The maximum absolute atomic E-state index is 12.7. The van der Waals surface area contributed by atoms with Crippen LogP contribution in [-0.4, -0.2) is 41.3 Å². The van der Waals surface area contributed by atoms with Gasteiger partial charge in [-0.3, -0.25) is 4.18 Å². The van der Waals surface area contributed by atoms with Crippen molar-refractivity contribution in [1.82, 2.24) is 0 Å². The van der Waals surface area contributed by atoms with Gasteiger partial charge >= 0.3 is 0 Å². The molecule has 0 fully saturated rings. The number of rotatable bonds is 9. The highest BCUT2D eigenvalue weighted by Crippen LogP contribution is 2.45. The van der Waals surface area contributed by atoms with E-state index in [-0.39, 0.29) is 16.3 Å². The minimum absolute atomic E-state index is 0.184.